The van der Waals surface area contributed by atoms with Gasteiger partial charge in [0.05, 0.1) is 0 Å². The second-order valence-electron chi connectivity index (χ2n) is 4.50. The highest BCUT2D eigenvalue weighted by Crippen LogP contribution is 2.28. The van der Waals surface area contributed by atoms with Gasteiger partial charge in [-0.1, -0.05) is 24.9 Å². The molecule has 1 saturated carbocycles. The van der Waals surface area contributed by atoms with Crippen molar-refractivity contribution in [1.82, 2.24) is 10.2 Å². The van der Waals surface area contributed by atoms with E-state index in [2.05, 4.69) is 22.4 Å². The van der Waals surface area contributed by atoms with Gasteiger partial charge in [0.25, 0.3) is 0 Å². The highest BCUT2D eigenvalue weighted by Gasteiger charge is 2.22. The average Bonchev–Trinajstić information content (AvgIpc) is 2.66. The predicted octanol–water partition coefficient (Wildman–Crippen LogP) is 2.31. The molecule has 6 nitrogen and oxygen atoms in total. The van der Waals surface area contributed by atoms with Crippen molar-refractivity contribution in [2.75, 3.05) is 5.32 Å². The summed E-state index contributed by atoms with van der Waals surface area (Å²) >= 11 is 0. The monoisotopic (exact) mass is 224 g/mol. The number of H-pyrrole nitrogens is 1. The first kappa shape index (κ1) is 10.9. The third-order valence-electron chi connectivity index (χ3n) is 3.10. The van der Waals surface area contributed by atoms with E-state index in [0.717, 1.165) is 12.8 Å². The van der Waals surface area contributed by atoms with Gasteiger partial charge in [-0.15, -0.1) is 5.10 Å². The van der Waals surface area contributed by atoms with Crippen LogP contribution in [0.5, 0.6) is 0 Å². The number of aromatic nitrogens is 2. The fourth-order valence-electron chi connectivity index (χ4n) is 2.31. The number of aromatic amines is 1. The Kier molecular flexibility index (Phi) is 3.07. The summed E-state index contributed by atoms with van der Waals surface area (Å²) in [5.41, 5.74) is 0.504. The molecule has 1 aliphatic rings. The molecular formula is C10H16N4O2. The molecule has 0 aromatic carbocycles. The van der Waals surface area contributed by atoms with Crippen molar-refractivity contribution in [2.24, 2.45) is 5.92 Å². The first-order chi connectivity index (χ1) is 7.66. The normalized spacial score (nSPS) is 25.3. The molecule has 0 aliphatic heterocycles. The zero-order valence-electron chi connectivity index (χ0n) is 9.27. The van der Waals surface area contributed by atoms with E-state index in [1.54, 1.807) is 0 Å². The maximum Gasteiger partial charge on any atom is 0.366 e. The summed E-state index contributed by atoms with van der Waals surface area (Å²) in [6.45, 7) is 2.22. The predicted molar refractivity (Wildman–Crippen MR) is 60.3 cm³/mol. The maximum absolute atomic E-state index is 10.7. The van der Waals surface area contributed by atoms with Crippen molar-refractivity contribution in [3.63, 3.8) is 0 Å². The van der Waals surface area contributed by atoms with E-state index < -0.39 is 4.92 Å². The fraction of sp³-hybridized carbons (Fsp3) is 0.700. The number of rotatable bonds is 3. The summed E-state index contributed by atoms with van der Waals surface area (Å²) < 4.78 is 0. The number of hydrogen-bond donors (Lipinski definition) is 2. The third-order valence-corrected chi connectivity index (χ3v) is 3.10. The number of nitrogens with one attached hydrogen (secondary N) is 2. The molecule has 2 unspecified atom stereocenters. The van der Waals surface area contributed by atoms with Crippen LogP contribution in [0.4, 0.5) is 11.5 Å². The molecular weight excluding hydrogens is 208 g/mol. The lowest BCUT2D eigenvalue weighted by Gasteiger charge is -2.27. The van der Waals surface area contributed by atoms with Crippen molar-refractivity contribution in [2.45, 2.75) is 38.6 Å². The van der Waals surface area contributed by atoms with E-state index in [9.17, 15) is 10.1 Å². The zero-order valence-corrected chi connectivity index (χ0v) is 9.27. The van der Waals surface area contributed by atoms with Crippen molar-refractivity contribution >= 4 is 11.5 Å². The van der Waals surface area contributed by atoms with Gasteiger partial charge in [0, 0.05) is 6.04 Å². The Morgan fingerprint density at radius 1 is 1.62 bits per heavy atom. The molecule has 1 heterocycles. The lowest BCUT2D eigenvalue weighted by atomic mass is 9.87. The molecule has 2 N–H and O–H groups in total. The lowest BCUT2D eigenvalue weighted by Crippen LogP contribution is -2.26. The van der Waals surface area contributed by atoms with E-state index in [1.165, 1.54) is 19.0 Å². The van der Waals surface area contributed by atoms with Crippen LogP contribution >= 0.6 is 0 Å². The van der Waals surface area contributed by atoms with Gasteiger partial charge >= 0.3 is 5.82 Å². The molecule has 0 saturated heterocycles. The molecule has 0 radical (unpaired) electrons. The Morgan fingerprint density at radius 2 is 2.44 bits per heavy atom. The van der Waals surface area contributed by atoms with Crippen LogP contribution in [-0.2, 0) is 0 Å². The Labute approximate surface area is 93.6 Å². The van der Waals surface area contributed by atoms with E-state index in [4.69, 9.17) is 0 Å². The first-order valence-electron chi connectivity index (χ1n) is 5.61. The second-order valence-corrected chi connectivity index (χ2v) is 4.50. The molecule has 1 aromatic heterocycles. The number of nitrogens with zero attached hydrogens (tertiary/aromatic N) is 2. The molecule has 0 bridgehead atoms. The number of hydrogen-bond acceptors (Lipinski definition) is 4. The lowest BCUT2D eigenvalue weighted by molar-refractivity contribution is -0.388. The molecule has 2 rings (SSSR count). The van der Waals surface area contributed by atoms with Crippen LogP contribution in [0.25, 0.3) is 0 Å². The SMILES string of the molecule is CC1CCCC(Nc2cn[nH]c2[N+](=O)[O-])C1. The van der Waals surface area contributed by atoms with Gasteiger partial charge in [0.2, 0.25) is 0 Å². The zero-order chi connectivity index (χ0) is 11.5. The largest absolute Gasteiger partial charge is 0.374 e. The maximum atomic E-state index is 10.7. The van der Waals surface area contributed by atoms with Crippen LogP contribution in [-0.4, -0.2) is 21.2 Å². The minimum atomic E-state index is -0.443. The average molecular weight is 224 g/mol. The van der Waals surface area contributed by atoms with E-state index in [1.807, 2.05) is 0 Å². The van der Waals surface area contributed by atoms with E-state index >= 15 is 0 Å². The van der Waals surface area contributed by atoms with Gasteiger partial charge in [-0.3, -0.25) is 0 Å². The van der Waals surface area contributed by atoms with Gasteiger partial charge in [0.1, 0.15) is 6.20 Å². The minimum Gasteiger partial charge on any atom is -0.374 e. The van der Waals surface area contributed by atoms with Crippen LogP contribution in [0.2, 0.25) is 0 Å². The smallest absolute Gasteiger partial charge is 0.366 e. The van der Waals surface area contributed by atoms with E-state index in [0.29, 0.717) is 17.6 Å². The van der Waals surface area contributed by atoms with Crippen LogP contribution < -0.4 is 5.32 Å². The molecule has 16 heavy (non-hydrogen) atoms. The number of anilines is 1. The summed E-state index contributed by atoms with van der Waals surface area (Å²) in [6, 6.07) is 0.333. The van der Waals surface area contributed by atoms with E-state index in [-0.39, 0.29) is 5.82 Å². The van der Waals surface area contributed by atoms with Crippen LogP contribution in [0.1, 0.15) is 32.6 Å². The fourth-order valence-corrected chi connectivity index (χ4v) is 2.31. The van der Waals surface area contributed by atoms with Crippen molar-refractivity contribution in [3.8, 4) is 0 Å². The Balaban J connectivity index is 2.02. The van der Waals surface area contributed by atoms with Crippen LogP contribution in [0.3, 0.4) is 0 Å². The Bertz CT molecular complexity index is 377. The summed E-state index contributed by atoms with van der Waals surface area (Å²) in [5, 5.41) is 20.0. The minimum absolute atomic E-state index is 0.0433. The molecule has 1 fully saturated rings. The summed E-state index contributed by atoms with van der Waals surface area (Å²) in [6.07, 6.45) is 6.07. The molecule has 6 heteroatoms. The second kappa shape index (κ2) is 4.51. The van der Waals surface area contributed by atoms with Crippen LogP contribution in [0.15, 0.2) is 6.20 Å². The summed E-state index contributed by atoms with van der Waals surface area (Å²) in [5.74, 6) is 0.649. The molecule has 0 amide bonds. The third kappa shape index (κ3) is 2.32. The summed E-state index contributed by atoms with van der Waals surface area (Å²) in [7, 11) is 0. The topological polar surface area (TPSA) is 83.8 Å². The highest BCUT2D eigenvalue weighted by atomic mass is 16.6. The molecule has 88 valence electrons. The van der Waals surface area contributed by atoms with Gasteiger partial charge in [0.15, 0.2) is 5.69 Å². The molecule has 2 atom stereocenters. The van der Waals surface area contributed by atoms with Gasteiger partial charge < -0.3 is 15.4 Å². The van der Waals surface area contributed by atoms with Gasteiger partial charge in [-0.05, 0) is 23.7 Å². The van der Waals surface area contributed by atoms with Crippen molar-refractivity contribution in [1.29, 1.82) is 0 Å². The molecule has 0 spiro atoms. The standard InChI is InChI=1S/C10H16N4O2/c1-7-3-2-4-8(5-7)12-9-6-11-13-10(9)14(15)16/h6-8,12H,2-5H2,1H3,(H,11,13). The van der Waals surface area contributed by atoms with Gasteiger partial charge in [-0.2, -0.15) is 0 Å². The van der Waals surface area contributed by atoms with Crippen LogP contribution in [0, 0.1) is 16.0 Å². The quantitative estimate of drug-likeness (QED) is 0.609. The highest BCUT2D eigenvalue weighted by molar-refractivity contribution is 5.56. The van der Waals surface area contributed by atoms with Crippen molar-refractivity contribution in [3.05, 3.63) is 16.3 Å². The van der Waals surface area contributed by atoms with Gasteiger partial charge in [-0.25, -0.2) is 0 Å². The Hall–Kier alpha value is -1.59. The summed E-state index contributed by atoms with van der Waals surface area (Å²) in [4.78, 5) is 10.2. The molecule has 1 aromatic rings. The Morgan fingerprint density at radius 3 is 3.12 bits per heavy atom. The molecule has 1 aliphatic carbocycles. The number of nitro groups is 1. The van der Waals surface area contributed by atoms with Crippen molar-refractivity contribution < 1.29 is 4.92 Å². The first-order valence-corrected chi connectivity index (χ1v) is 5.61.